The first-order chi connectivity index (χ1) is 8.66. The minimum absolute atomic E-state index is 0.145. The summed E-state index contributed by atoms with van der Waals surface area (Å²) >= 11 is 3.43. The quantitative estimate of drug-likeness (QED) is 0.829. The number of amides is 1. The third-order valence-electron chi connectivity index (χ3n) is 3.18. The van der Waals surface area contributed by atoms with Gasteiger partial charge in [-0.2, -0.15) is 5.10 Å². The van der Waals surface area contributed by atoms with Crippen molar-refractivity contribution in [2.75, 3.05) is 0 Å². The summed E-state index contributed by atoms with van der Waals surface area (Å²) < 4.78 is 0.945. The lowest BCUT2D eigenvalue weighted by atomic mass is 9.99. The van der Waals surface area contributed by atoms with E-state index in [0.717, 1.165) is 28.6 Å². The summed E-state index contributed by atoms with van der Waals surface area (Å²) in [7, 11) is 0. The summed E-state index contributed by atoms with van der Waals surface area (Å²) in [5.74, 6) is -0.145. The molecule has 1 aromatic rings. The van der Waals surface area contributed by atoms with Gasteiger partial charge in [0.05, 0.1) is 0 Å². The van der Waals surface area contributed by atoms with E-state index in [-0.39, 0.29) is 5.91 Å². The molecule has 2 rings (SSSR count). The van der Waals surface area contributed by atoms with Crippen LogP contribution in [0.3, 0.4) is 0 Å². The van der Waals surface area contributed by atoms with E-state index >= 15 is 0 Å². The predicted molar refractivity (Wildman–Crippen MR) is 76.9 cm³/mol. The summed E-state index contributed by atoms with van der Waals surface area (Å²) in [6, 6.07) is 5.56. The Bertz CT molecular complexity index is 475. The molecule has 0 atom stereocenters. The maximum atomic E-state index is 11.9. The molecule has 1 amide bonds. The number of carbonyl (C=O) groups excluding carboxylic acids is 1. The zero-order chi connectivity index (χ0) is 13.0. The van der Waals surface area contributed by atoms with E-state index in [4.69, 9.17) is 0 Å². The van der Waals surface area contributed by atoms with Crippen molar-refractivity contribution < 1.29 is 4.79 Å². The molecule has 1 fully saturated rings. The van der Waals surface area contributed by atoms with Crippen molar-refractivity contribution in [3.8, 4) is 0 Å². The molecule has 0 saturated heterocycles. The summed E-state index contributed by atoms with van der Waals surface area (Å²) in [5.41, 5.74) is 5.50. The molecule has 1 aromatic carbocycles. The van der Waals surface area contributed by atoms with E-state index in [1.54, 1.807) is 0 Å². The highest BCUT2D eigenvalue weighted by Crippen LogP contribution is 2.18. The Kier molecular flexibility index (Phi) is 4.53. The van der Waals surface area contributed by atoms with Gasteiger partial charge in [-0.3, -0.25) is 4.79 Å². The van der Waals surface area contributed by atoms with Gasteiger partial charge in [0, 0.05) is 15.7 Å². The molecule has 0 radical (unpaired) electrons. The largest absolute Gasteiger partial charge is 0.271 e. The van der Waals surface area contributed by atoms with Crippen LogP contribution >= 0.6 is 15.9 Å². The van der Waals surface area contributed by atoms with Gasteiger partial charge in [-0.05, 0) is 50.3 Å². The molecule has 1 N–H and O–H groups in total. The standard InChI is InChI=1S/C14H17BrN2O/c1-10-7-8-11(9-13(10)15)14(18)17-16-12-5-3-2-4-6-12/h7-9H,2-6H2,1H3,(H,17,18). The first kappa shape index (κ1) is 13.3. The van der Waals surface area contributed by atoms with Crippen LogP contribution in [-0.2, 0) is 0 Å². The average Bonchev–Trinajstić information content (AvgIpc) is 2.40. The third-order valence-corrected chi connectivity index (χ3v) is 4.03. The molecule has 18 heavy (non-hydrogen) atoms. The fourth-order valence-electron chi connectivity index (χ4n) is 2.00. The van der Waals surface area contributed by atoms with Crippen LogP contribution in [0.1, 0.15) is 48.0 Å². The van der Waals surface area contributed by atoms with Crippen LogP contribution < -0.4 is 5.43 Å². The van der Waals surface area contributed by atoms with Gasteiger partial charge >= 0.3 is 0 Å². The lowest BCUT2D eigenvalue weighted by Crippen LogP contribution is -2.20. The lowest BCUT2D eigenvalue weighted by molar-refractivity contribution is 0.0954. The van der Waals surface area contributed by atoms with Gasteiger partial charge in [0.2, 0.25) is 0 Å². The highest BCUT2D eigenvalue weighted by molar-refractivity contribution is 9.10. The molecule has 4 heteroatoms. The Hall–Kier alpha value is -1.16. The van der Waals surface area contributed by atoms with Gasteiger partial charge < -0.3 is 0 Å². The molecule has 1 aliphatic rings. The lowest BCUT2D eigenvalue weighted by Gasteiger charge is -2.12. The molecule has 0 aromatic heterocycles. The molecular formula is C14H17BrN2O. The molecule has 1 aliphatic carbocycles. The Morgan fingerprint density at radius 3 is 2.67 bits per heavy atom. The van der Waals surface area contributed by atoms with Crippen LogP contribution in [-0.4, -0.2) is 11.6 Å². The van der Waals surface area contributed by atoms with E-state index in [9.17, 15) is 4.79 Å². The molecule has 3 nitrogen and oxygen atoms in total. The summed E-state index contributed by atoms with van der Waals surface area (Å²) in [6.07, 6.45) is 5.67. The fraction of sp³-hybridized carbons (Fsp3) is 0.429. The van der Waals surface area contributed by atoms with Crippen molar-refractivity contribution in [1.82, 2.24) is 5.43 Å². The molecule has 0 heterocycles. The number of benzene rings is 1. The molecule has 0 spiro atoms. The Balaban J connectivity index is 2.00. The second-order valence-electron chi connectivity index (χ2n) is 4.64. The van der Waals surface area contributed by atoms with Crippen molar-refractivity contribution in [3.05, 3.63) is 33.8 Å². The number of halogens is 1. The first-order valence-corrected chi connectivity index (χ1v) is 7.08. The number of hydrogen-bond donors (Lipinski definition) is 1. The highest BCUT2D eigenvalue weighted by Gasteiger charge is 2.09. The second-order valence-corrected chi connectivity index (χ2v) is 5.50. The topological polar surface area (TPSA) is 41.5 Å². The van der Waals surface area contributed by atoms with E-state index in [1.165, 1.54) is 19.3 Å². The monoisotopic (exact) mass is 308 g/mol. The molecular weight excluding hydrogens is 292 g/mol. The molecule has 96 valence electrons. The molecule has 0 bridgehead atoms. The normalized spacial score (nSPS) is 15.3. The smallest absolute Gasteiger partial charge is 0.267 e. The van der Waals surface area contributed by atoms with Crippen molar-refractivity contribution in [3.63, 3.8) is 0 Å². The molecule has 1 saturated carbocycles. The minimum Gasteiger partial charge on any atom is -0.267 e. The number of hydrogen-bond acceptors (Lipinski definition) is 2. The van der Waals surface area contributed by atoms with E-state index in [1.807, 2.05) is 25.1 Å². The number of nitrogens with one attached hydrogen (secondary N) is 1. The third kappa shape index (κ3) is 3.42. The Morgan fingerprint density at radius 2 is 2.00 bits per heavy atom. The predicted octanol–water partition coefficient (Wildman–Crippen LogP) is 3.81. The average molecular weight is 309 g/mol. The van der Waals surface area contributed by atoms with Crippen molar-refractivity contribution >= 4 is 27.5 Å². The van der Waals surface area contributed by atoms with Crippen molar-refractivity contribution in [2.45, 2.75) is 39.0 Å². The van der Waals surface area contributed by atoms with Crippen molar-refractivity contribution in [2.24, 2.45) is 5.10 Å². The van der Waals surface area contributed by atoms with Crippen LogP contribution in [0.5, 0.6) is 0 Å². The zero-order valence-electron chi connectivity index (χ0n) is 10.5. The summed E-state index contributed by atoms with van der Waals surface area (Å²) in [6.45, 7) is 1.99. The summed E-state index contributed by atoms with van der Waals surface area (Å²) in [4.78, 5) is 11.9. The van der Waals surface area contributed by atoms with Gasteiger partial charge in [-0.25, -0.2) is 5.43 Å². The van der Waals surface area contributed by atoms with Crippen LogP contribution in [0.2, 0.25) is 0 Å². The van der Waals surface area contributed by atoms with E-state index < -0.39 is 0 Å². The maximum absolute atomic E-state index is 11.9. The van der Waals surface area contributed by atoms with Crippen LogP contribution in [0.15, 0.2) is 27.8 Å². The van der Waals surface area contributed by atoms with Crippen LogP contribution in [0, 0.1) is 6.92 Å². The Morgan fingerprint density at radius 1 is 1.28 bits per heavy atom. The zero-order valence-corrected chi connectivity index (χ0v) is 12.1. The van der Waals surface area contributed by atoms with Crippen LogP contribution in [0.4, 0.5) is 0 Å². The molecule has 0 aliphatic heterocycles. The van der Waals surface area contributed by atoms with Gasteiger partial charge in [-0.1, -0.05) is 28.4 Å². The number of rotatable bonds is 2. The summed E-state index contributed by atoms with van der Waals surface area (Å²) in [5, 5.41) is 4.21. The number of hydrazone groups is 1. The fourth-order valence-corrected chi connectivity index (χ4v) is 2.38. The van der Waals surface area contributed by atoms with Gasteiger partial charge in [0.25, 0.3) is 5.91 Å². The number of nitrogens with zero attached hydrogens (tertiary/aromatic N) is 1. The van der Waals surface area contributed by atoms with Crippen molar-refractivity contribution in [1.29, 1.82) is 0 Å². The number of carbonyl (C=O) groups is 1. The number of aryl methyl sites for hydroxylation is 1. The first-order valence-electron chi connectivity index (χ1n) is 6.29. The van der Waals surface area contributed by atoms with Gasteiger partial charge in [0.15, 0.2) is 0 Å². The van der Waals surface area contributed by atoms with E-state index in [0.29, 0.717) is 5.56 Å². The maximum Gasteiger partial charge on any atom is 0.271 e. The van der Waals surface area contributed by atoms with Crippen LogP contribution in [0.25, 0.3) is 0 Å². The minimum atomic E-state index is -0.145. The highest BCUT2D eigenvalue weighted by atomic mass is 79.9. The molecule has 0 unspecified atom stereocenters. The Labute approximate surface area is 116 Å². The van der Waals surface area contributed by atoms with Gasteiger partial charge in [0.1, 0.15) is 0 Å². The van der Waals surface area contributed by atoms with E-state index in [2.05, 4.69) is 26.5 Å². The SMILES string of the molecule is Cc1ccc(C(=O)NN=C2CCCCC2)cc1Br. The second kappa shape index (κ2) is 6.14. The van der Waals surface area contributed by atoms with Gasteiger partial charge in [-0.15, -0.1) is 0 Å².